The molecular formula is C16H18O2. The van der Waals surface area contributed by atoms with Gasteiger partial charge in [0.2, 0.25) is 0 Å². The van der Waals surface area contributed by atoms with Crippen molar-refractivity contribution < 1.29 is 9.59 Å². The second-order valence-electron chi connectivity index (χ2n) is 4.37. The van der Waals surface area contributed by atoms with Crippen LogP contribution in [0.15, 0.2) is 48.6 Å². The van der Waals surface area contributed by atoms with Crippen molar-refractivity contribution in [2.75, 3.05) is 0 Å². The topological polar surface area (TPSA) is 34.1 Å². The highest BCUT2D eigenvalue weighted by atomic mass is 16.1. The van der Waals surface area contributed by atoms with E-state index in [9.17, 15) is 9.59 Å². The molecule has 0 radical (unpaired) electrons. The third-order valence-electron chi connectivity index (χ3n) is 2.83. The van der Waals surface area contributed by atoms with Crippen LogP contribution in [0.3, 0.4) is 0 Å². The normalized spacial score (nSPS) is 9.78. The summed E-state index contributed by atoms with van der Waals surface area (Å²) in [6, 6.07) is 8.21. The highest BCUT2D eigenvalue weighted by Crippen LogP contribution is 2.11. The molecule has 18 heavy (non-hydrogen) atoms. The lowest BCUT2D eigenvalue weighted by atomic mass is 10.0. The number of hydrogen-bond donors (Lipinski definition) is 0. The zero-order valence-electron chi connectivity index (χ0n) is 10.5. The third-order valence-corrected chi connectivity index (χ3v) is 2.83. The van der Waals surface area contributed by atoms with E-state index in [1.165, 1.54) is 11.1 Å². The maximum absolute atomic E-state index is 10.4. The van der Waals surface area contributed by atoms with Crippen molar-refractivity contribution >= 4 is 12.6 Å². The molecule has 1 aromatic carbocycles. The van der Waals surface area contributed by atoms with E-state index in [4.69, 9.17) is 0 Å². The Labute approximate surface area is 108 Å². The average Bonchev–Trinajstić information content (AvgIpc) is 2.43. The number of allylic oxidation sites excluding steroid dienone is 2. The molecular weight excluding hydrogens is 224 g/mol. The molecule has 0 fully saturated rings. The number of aryl methyl sites for hydroxylation is 2. The molecule has 94 valence electrons. The predicted octanol–water partition coefficient (Wildman–Crippen LogP) is 3.06. The van der Waals surface area contributed by atoms with Gasteiger partial charge in [-0.2, -0.15) is 0 Å². The number of carbonyl (C=O) groups is 2. The predicted molar refractivity (Wildman–Crippen MR) is 73.5 cm³/mol. The Morgan fingerprint density at radius 3 is 1.44 bits per heavy atom. The number of hydrogen-bond acceptors (Lipinski definition) is 2. The first kappa shape index (κ1) is 14.1. The highest BCUT2D eigenvalue weighted by Gasteiger charge is 1.98. The van der Waals surface area contributed by atoms with Gasteiger partial charge >= 0.3 is 0 Å². The summed E-state index contributed by atoms with van der Waals surface area (Å²) in [4.78, 5) is 20.8. The Morgan fingerprint density at radius 2 is 1.17 bits per heavy atom. The standard InChI is InChI=1S/C16H18O2/c1-13(11-17)3-5-15-7-9-16(10-8-15)6-4-14(2)12-18/h7-12H,1-6H2. The third kappa shape index (κ3) is 4.91. The first-order valence-electron chi connectivity index (χ1n) is 5.99. The minimum absolute atomic E-state index is 0.626. The van der Waals surface area contributed by atoms with Gasteiger partial charge in [0, 0.05) is 0 Å². The van der Waals surface area contributed by atoms with Crippen LogP contribution in [0, 0.1) is 0 Å². The van der Waals surface area contributed by atoms with E-state index in [2.05, 4.69) is 37.4 Å². The summed E-state index contributed by atoms with van der Waals surface area (Å²) >= 11 is 0. The van der Waals surface area contributed by atoms with Crippen LogP contribution in [0.5, 0.6) is 0 Å². The van der Waals surface area contributed by atoms with Gasteiger partial charge < -0.3 is 0 Å². The first-order valence-corrected chi connectivity index (χ1v) is 5.99. The number of benzene rings is 1. The van der Waals surface area contributed by atoms with E-state index in [1.54, 1.807) is 0 Å². The van der Waals surface area contributed by atoms with Gasteiger partial charge in [0.1, 0.15) is 12.6 Å². The maximum Gasteiger partial charge on any atom is 0.145 e. The summed E-state index contributed by atoms with van der Waals surface area (Å²) < 4.78 is 0. The molecule has 0 aliphatic heterocycles. The van der Waals surface area contributed by atoms with Crippen LogP contribution in [0.4, 0.5) is 0 Å². The Kier molecular flexibility index (Phi) is 5.78. The summed E-state index contributed by atoms with van der Waals surface area (Å²) in [6.07, 6.45) is 4.67. The number of carbonyl (C=O) groups excluding carboxylic acids is 2. The Balaban J connectivity index is 2.47. The molecule has 2 heteroatoms. The summed E-state index contributed by atoms with van der Waals surface area (Å²) in [7, 11) is 0. The van der Waals surface area contributed by atoms with Crippen LogP contribution in [-0.2, 0) is 22.4 Å². The quantitative estimate of drug-likeness (QED) is 0.518. The van der Waals surface area contributed by atoms with E-state index in [-0.39, 0.29) is 0 Å². The molecule has 0 saturated heterocycles. The summed E-state index contributed by atoms with van der Waals surface area (Å²) in [5.74, 6) is 0. The van der Waals surface area contributed by atoms with Gasteiger partial charge in [0.15, 0.2) is 0 Å². The Morgan fingerprint density at radius 1 is 0.833 bits per heavy atom. The van der Waals surface area contributed by atoms with Crippen LogP contribution in [0.1, 0.15) is 24.0 Å². The molecule has 1 rings (SSSR count). The lowest BCUT2D eigenvalue weighted by Gasteiger charge is -2.04. The van der Waals surface area contributed by atoms with E-state index in [0.29, 0.717) is 24.0 Å². The van der Waals surface area contributed by atoms with Crippen LogP contribution >= 0.6 is 0 Å². The van der Waals surface area contributed by atoms with Gasteiger partial charge in [-0.15, -0.1) is 0 Å². The molecule has 0 heterocycles. The van der Waals surface area contributed by atoms with Crippen molar-refractivity contribution in [2.45, 2.75) is 25.7 Å². The van der Waals surface area contributed by atoms with Crippen molar-refractivity contribution in [1.82, 2.24) is 0 Å². The lowest BCUT2D eigenvalue weighted by Crippen LogP contribution is -1.92. The maximum atomic E-state index is 10.4. The van der Waals surface area contributed by atoms with Crippen LogP contribution < -0.4 is 0 Å². The zero-order chi connectivity index (χ0) is 13.4. The van der Waals surface area contributed by atoms with Gasteiger partial charge in [0.05, 0.1) is 0 Å². The fraction of sp³-hybridized carbons (Fsp3) is 0.250. The smallest absolute Gasteiger partial charge is 0.145 e. The SMILES string of the molecule is C=C(C=O)CCc1ccc(CCC(=C)C=O)cc1. The highest BCUT2D eigenvalue weighted by molar-refractivity contribution is 5.72. The summed E-state index contributed by atoms with van der Waals surface area (Å²) in [6.45, 7) is 7.31. The molecule has 0 saturated carbocycles. The fourth-order valence-electron chi connectivity index (χ4n) is 1.60. The Hall–Kier alpha value is -1.96. The van der Waals surface area contributed by atoms with Crippen molar-refractivity contribution in [3.8, 4) is 0 Å². The molecule has 0 aliphatic carbocycles. The molecule has 0 aliphatic rings. The van der Waals surface area contributed by atoms with E-state index >= 15 is 0 Å². The van der Waals surface area contributed by atoms with Gasteiger partial charge in [0.25, 0.3) is 0 Å². The molecule has 2 nitrogen and oxygen atoms in total. The minimum atomic E-state index is 0.626. The first-order chi connectivity index (χ1) is 8.65. The van der Waals surface area contributed by atoms with Gasteiger partial charge in [-0.3, -0.25) is 9.59 Å². The largest absolute Gasteiger partial charge is 0.298 e. The van der Waals surface area contributed by atoms with Crippen LogP contribution in [-0.4, -0.2) is 12.6 Å². The monoisotopic (exact) mass is 242 g/mol. The second-order valence-corrected chi connectivity index (χ2v) is 4.37. The van der Waals surface area contributed by atoms with Gasteiger partial charge in [-0.05, 0) is 48.0 Å². The van der Waals surface area contributed by atoms with Crippen LogP contribution in [0.25, 0.3) is 0 Å². The molecule has 1 aromatic rings. The van der Waals surface area contributed by atoms with Gasteiger partial charge in [-0.25, -0.2) is 0 Å². The molecule has 0 N–H and O–H groups in total. The molecule has 0 atom stereocenters. The number of rotatable bonds is 8. The van der Waals surface area contributed by atoms with Crippen molar-refractivity contribution in [3.05, 3.63) is 59.7 Å². The molecule has 0 unspecified atom stereocenters. The van der Waals surface area contributed by atoms with E-state index in [0.717, 1.165) is 25.4 Å². The van der Waals surface area contributed by atoms with Gasteiger partial charge in [-0.1, -0.05) is 37.4 Å². The molecule has 0 amide bonds. The number of aldehydes is 2. The zero-order valence-corrected chi connectivity index (χ0v) is 10.5. The minimum Gasteiger partial charge on any atom is -0.298 e. The summed E-state index contributed by atoms with van der Waals surface area (Å²) in [5.41, 5.74) is 3.63. The summed E-state index contributed by atoms with van der Waals surface area (Å²) in [5, 5.41) is 0. The van der Waals surface area contributed by atoms with E-state index in [1.807, 2.05) is 0 Å². The second kappa shape index (κ2) is 7.38. The van der Waals surface area contributed by atoms with E-state index < -0.39 is 0 Å². The molecule has 0 spiro atoms. The molecule has 0 bridgehead atoms. The Bertz CT molecular complexity index is 398. The van der Waals surface area contributed by atoms with Crippen LogP contribution in [0.2, 0.25) is 0 Å². The van der Waals surface area contributed by atoms with Crippen molar-refractivity contribution in [2.24, 2.45) is 0 Å². The average molecular weight is 242 g/mol. The van der Waals surface area contributed by atoms with Crippen molar-refractivity contribution in [1.29, 1.82) is 0 Å². The lowest BCUT2D eigenvalue weighted by molar-refractivity contribution is -0.105. The van der Waals surface area contributed by atoms with Crippen molar-refractivity contribution in [3.63, 3.8) is 0 Å². The fourth-order valence-corrected chi connectivity index (χ4v) is 1.60. The molecule has 0 aromatic heterocycles.